The summed E-state index contributed by atoms with van der Waals surface area (Å²) in [4.78, 5) is 3.78. The average molecular weight is 346 g/mol. The van der Waals surface area contributed by atoms with E-state index in [-0.39, 0.29) is 21.5 Å². The molecule has 0 atom stereocenters. The highest BCUT2D eigenvalue weighted by Gasteiger charge is 2.22. The van der Waals surface area contributed by atoms with Gasteiger partial charge in [-0.1, -0.05) is 23.2 Å². The van der Waals surface area contributed by atoms with Crippen molar-refractivity contribution in [1.82, 2.24) is 9.71 Å². The molecule has 21 heavy (non-hydrogen) atoms. The number of pyridine rings is 1. The number of hydrogen-bond acceptors (Lipinski definition) is 4. The number of hydrogen-bond donors (Lipinski definition) is 2. The van der Waals surface area contributed by atoms with Crippen molar-refractivity contribution in [3.8, 4) is 0 Å². The van der Waals surface area contributed by atoms with Crippen LogP contribution in [-0.4, -0.2) is 13.4 Å². The van der Waals surface area contributed by atoms with Gasteiger partial charge in [-0.3, -0.25) is 4.98 Å². The number of nitrogens with two attached hydrogens (primary N) is 1. The number of benzene rings is 1. The van der Waals surface area contributed by atoms with Crippen molar-refractivity contribution < 1.29 is 8.42 Å². The molecular formula is C13H13Cl2N3O2S. The van der Waals surface area contributed by atoms with Crippen LogP contribution in [0.4, 0.5) is 5.69 Å². The number of nitrogens with zero attached hydrogens (tertiary/aromatic N) is 1. The Morgan fingerprint density at radius 2 is 1.90 bits per heavy atom. The molecule has 0 fully saturated rings. The van der Waals surface area contributed by atoms with Crippen molar-refractivity contribution in [2.24, 2.45) is 0 Å². The Balaban J connectivity index is 2.30. The molecule has 0 saturated heterocycles. The van der Waals surface area contributed by atoms with E-state index >= 15 is 0 Å². The second-order valence-electron chi connectivity index (χ2n) is 4.44. The van der Waals surface area contributed by atoms with Crippen LogP contribution in [0.5, 0.6) is 0 Å². The predicted octanol–water partition coefficient (Wildman–Crippen LogP) is 2.76. The van der Waals surface area contributed by atoms with E-state index in [2.05, 4.69) is 9.71 Å². The summed E-state index contributed by atoms with van der Waals surface area (Å²) in [5.74, 6) is 0. The van der Waals surface area contributed by atoms with E-state index in [4.69, 9.17) is 28.9 Å². The number of nitrogens with one attached hydrogen (secondary N) is 1. The van der Waals surface area contributed by atoms with Gasteiger partial charge in [0.05, 0.1) is 10.0 Å². The van der Waals surface area contributed by atoms with E-state index in [0.29, 0.717) is 5.69 Å². The molecular weight excluding hydrogens is 333 g/mol. The molecule has 0 aliphatic heterocycles. The number of halogens is 2. The molecule has 8 heteroatoms. The lowest BCUT2D eigenvalue weighted by atomic mass is 10.2. The molecule has 1 aromatic carbocycles. The number of aryl methyl sites for hydroxylation is 1. The van der Waals surface area contributed by atoms with Gasteiger partial charge in [0.1, 0.15) is 4.90 Å². The van der Waals surface area contributed by atoms with E-state index in [1.807, 2.05) is 6.92 Å². The predicted molar refractivity (Wildman–Crippen MR) is 83.9 cm³/mol. The first-order valence-electron chi connectivity index (χ1n) is 5.95. The Kier molecular flexibility index (Phi) is 4.73. The molecule has 0 unspecified atom stereocenters. The Labute approximate surface area is 133 Å². The summed E-state index contributed by atoms with van der Waals surface area (Å²) in [6.45, 7) is 1.97. The maximum Gasteiger partial charge on any atom is 0.243 e. The largest absolute Gasteiger partial charge is 0.399 e. The van der Waals surface area contributed by atoms with Crippen LogP contribution in [0.15, 0.2) is 35.5 Å². The van der Waals surface area contributed by atoms with E-state index in [1.54, 1.807) is 18.5 Å². The number of rotatable bonds is 4. The molecule has 0 amide bonds. The van der Waals surface area contributed by atoms with E-state index in [1.165, 1.54) is 12.1 Å². The highest BCUT2D eigenvalue weighted by Crippen LogP contribution is 2.31. The van der Waals surface area contributed by atoms with Gasteiger partial charge in [0.2, 0.25) is 10.0 Å². The smallest absolute Gasteiger partial charge is 0.243 e. The molecule has 0 spiro atoms. The summed E-state index contributed by atoms with van der Waals surface area (Å²) in [6, 6.07) is 4.49. The summed E-state index contributed by atoms with van der Waals surface area (Å²) in [7, 11) is -3.85. The molecule has 1 aromatic heterocycles. The van der Waals surface area contributed by atoms with Gasteiger partial charge < -0.3 is 5.73 Å². The molecule has 3 N–H and O–H groups in total. The van der Waals surface area contributed by atoms with Crippen molar-refractivity contribution >= 4 is 38.9 Å². The number of sulfonamides is 1. The van der Waals surface area contributed by atoms with Crippen molar-refractivity contribution in [2.45, 2.75) is 18.4 Å². The molecule has 0 aliphatic carbocycles. The first kappa shape index (κ1) is 16.0. The van der Waals surface area contributed by atoms with Gasteiger partial charge in [-0.05, 0) is 36.2 Å². The zero-order valence-corrected chi connectivity index (χ0v) is 13.4. The monoisotopic (exact) mass is 345 g/mol. The molecule has 0 bridgehead atoms. The van der Waals surface area contributed by atoms with E-state index < -0.39 is 10.0 Å². The normalized spacial score (nSPS) is 11.6. The Bertz CT molecular complexity index is 756. The van der Waals surface area contributed by atoms with Crippen LogP contribution in [0, 0.1) is 6.92 Å². The summed E-state index contributed by atoms with van der Waals surface area (Å²) in [6.07, 6.45) is 3.24. The lowest BCUT2D eigenvalue weighted by Crippen LogP contribution is -2.24. The molecule has 5 nitrogen and oxygen atoms in total. The first-order chi connectivity index (χ1) is 9.81. The van der Waals surface area contributed by atoms with Crippen molar-refractivity contribution in [2.75, 3.05) is 5.73 Å². The Morgan fingerprint density at radius 1 is 1.29 bits per heavy atom. The molecule has 0 radical (unpaired) electrons. The second-order valence-corrected chi connectivity index (χ2v) is 6.96. The standard InChI is InChI=1S/C13H13Cl2N3O2S/c1-8-2-3-17-6-9(8)7-18-21(19,20)13-11(14)4-10(16)5-12(13)15/h2-6,18H,7,16H2,1H3. The lowest BCUT2D eigenvalue weighted by Gasteiger charge is -2.11. The van der Waals surface area contributed by atoms with Gasteiger partial charge in [-0.2, -0.15) is 0 Å². The summed E-state index contributed by atoms with van der Waals surface area (Å²) in [5, 5.41) is -0.0363. The minimum Gasteiger partial charge on any atom is -0.399 e. The van der Waals surface area contributed by atoms with Gasteiger partial charge in [-0.15, -0.1) is 0 Å². The highest BCUT2D eigenvalue weighted by molar-refractivity contribution is 7.89. The van der Waals surface area contributed by atoms with E-state index in [9.17, 15) is 8.42 Å². The first-order valence-corrected chi connectivity index (χ1v) is 8.19. The van der Waals surface area contributed by atoms with Crippen molar-refractivity contribution in [1.29, 1.82) is 0 Å². The molecule has 2 rings (SSSR count). The zero-order valence-electron chi connectivity index (χ0n) is 11.1. The minimum atomic E-state index is -3.85. The van der Waals surface area contributed by atoms with E-state index in [0.717, 1.165) is 11.1 Å². The van der Waals surface area contributed by atoms with Crippen molar-refractivity contribution in [3.63, 3.8) is 0 Å². The lowest BCUT2D eigenvalue weighted by molar-refractivity contribution is 0.581. The quantitative estimate of drug-likeness (QED) is 0.834. The van der Waals surface area contributed by atoms with Crippen LogP contribution in [0.2, 0.25) is 10.0 Å². The number of nitrogen functional groups attached to an aromatic ring is 1. The topological polar surface area (TPSA) is 85.1 Å². The highest BCUT2D eigenvalue weighted by atomic mass is 35.5. The van der Waals surface area contributed by atoms with Crippen molar-refractivity contribution in [3.05, 3.63) is 51.8 Å². The van der Waals surface area contributed by atoms with Crippen LogP contribution in [0.3, 0.4) is 0 Å². The van der Waals surface area contributed by atoms with Gasteiger partial charge in [0.25, 0.3) is 0 Å². The van der Waals surface area contributed by atoms with Crippen LogP contribution in [-0.2, 0) is 16.6 Å². The zero-order chi connectivity index (χ0) is 15.6. The van der Waals surface area contributed by atoms with Gasteiger partial charge in [0, 0.05) is 24.6 Å². The fraction of sp³-hybridized carbons (Fsp3) is 0.154. The third-order valence-electron chi connectivity index (χ3n) is 2.89. The SMILES string of the molecule is Cc1ccncc1CNS(=O)(=O)c1c(Cl)cc(N)cc1Cl. The molecule has 0 aliphatic rings. The summed E-state index contributed by atoms with van der Waals surface area (Å²) in [5.41, 5.74) is 7.56. The number of anilines is 1. The van der Waals surface area contributed by atoms with Crippen LogP contribution < -0.4 is 10.5 Å². The number of aromatic nitrogens is 1. The van der Waals surface area contributed by atoms with Gasteiger partial charge in [0.15, 0.2) is 0 Å². The fourth-order valence-corrected chi connectivity index (χ4v) is 4.00. The Hall–Kier alpha value is -1.34. The fourth-order valence-electron chi connectivity index (χ4n) is 1.76. The summed E-state index contributed by atoms with van der Waals surface area (Å²) >= 11 is 11.9. The molecule has 0 saturated carbocycles. The van der Waals surface area contributed by atoms with Gasteiger partial charge >= 0.3 is 0 Å². The van der Waals surface area contributed by atoms with Crippen LogP contribution in [0.25, 0.3) is 0 Å². The summed E-state index contributed by atoms with van der Waals surface area (Å²) < 4.78 is 27.1. The minimum absolute atomic E-state index is 0.0181. The Morgan fingerprint density at radius 3 is 2.48 bits per heavy atom. The van der Waals surface area contributed by atoms with Crippen LogP contribution in [0.1, 0.15) is 11.1 Å². The molecule has 1 heterocycles. The average Bonchev–Trinajstić information content (AvgIpc) is 2.36. The van der Waals surface area contributed by atoms with Gasteiger partial charge in [-0.25, -0.2) is 13.1 Å². The molecule has 112 valence electrons. The molecule has 2 aromatic rings. The maximum atomic E-state index is 12.3. The third kappa shape index (κ3) is 3.65. The second kappa shape index (κ2) is 6.19. The maximum absolute atomic E-state index is 12.3. The third-order valence-corrected chi connectivity index (χ3v) is 5.21. The van der Waals surface area contributed by atoms with Crippen LogP contribution >= 0.6 is 23.2 Å².